The molecule has 0 aromatic heterocycles. The average molecular weight is 860 g/mol. The minimum Gasteiger partial charge on any atom is -0.429 e. The quantitative estimate of drug-likeness (QED) is 0.0189. The molecule has 63 heavy (non-hydrogen) atoms. The average Bonchev–Trinajstić information content (AvgIpc) is 3.25. The third-order valence-electron chi connectivity index (χ3n) is 9.91. The van der Waals surface area contributed by atoms with Gasteiger partial charge in [0.15, 0.2) is 0 Å². The van der Waals surface area contributed by atoms with Crippen molar-refractivity contribution in [1.29, 1.82) is 0 Å². The Morgan fingerprint density at radius 2 is 1.48 bits per heavy atom. The first-order valence-corrected chi connectivity index (χ1v) is 20.4. The van der Waals surface area contributed by atoms with Crippen LogP contribution in [-0.4, -0.2) is 59.4 Å². The fourth-order valence-corrected chi connectivity index (χ4v) is 6.55. The van der Waals surface area contributed by atoms with E-state index in [1.807, 2.05) is 48.5 Å². The number of urea groups is 1. The van der Waals surface area contributed by atoms with Crippen molar-refractivity contribution in [3.63, 3.8) is 0 Å². The molecule has 328 valence electrons. The summed E-state index contributed by atoms with van der Waals surface area (Å²) in [4.78, 5) is 89.3. The number of carbonyl (C=O) groups excluding carboxylic acids is 6. The normalized spacial score (nSPS) is 12.3. The number of nitro groups is 1. The zero-order valence-electron chi connectivity index (χ0n) is 34.9. The molecule has 4 aromatic rings. The largest absolute Gasteiger partial charge is 0.514 e. The molecule has 0 bridgehead atoms. The number of carbonyl (C=O) groups is 6. The van der Waals surface area contributed by atoms with Gasteiger partial charge in [0.1, 0.15) is 24.4 Å². The summed E-state index contributed by atoms with van der Waals surface area (Å²) in [7, 11) is 0. The van der Waals surface area contributed by atoms with Crippen LogP contribution in [0.5, 0.6) is 5.75 Å². The van der Waals surface area contributed by atoms with Crippen LogP contribution in [-0.2, 0) is 37.1 Å². The number of unbranched alkanes of at least 4 members (excludes halogenated alkanes) is 1. The van der Waals surface area contributed by atoms with Crippen molar-refractivity contribution in [1.82, 2.24) is 16.0 Å². The fourth-order valence-electron chi connectivity index (χ4n) is 6.55. The Morgan fingerprint density at radius 3 is 2.17 bits per heavy atom. The van der Waals surface area contributed by atoms with E-state index in [1.165, 1.54) is 24.3 Å². The van der Waals surface area contributed by atoms with Crippen molar-refractivity contribution in [2.75, 3.05) is 16.8 Å². The highest BCUT2D eigenvalue weighted by Crippen LogP contribution is 2.26. The molecule has 6 amide bonds. The molecule has 0 saturated carbocycles. The zero-order chi connectivity index (χ0) is 45.3. The van der Waals surface area contributed by atoms with E-state index in [0.717, 1.165) is 22.4 Å². The Balaban J connectivity index is 1.12. The van der Waals surface area contributed by atoms with Crippen LogP contribution in [0.3, 0.4) is 0 Å². The van der Waals surface area contributed by atoms with Crippen LogP contribution < -0.4 is 36.6 Å². The third kappa shape index (κ3) is 14.2. The van der Waals surface area contributed by atoms with Crippen molar-refractivity contribution < 1.29 is 43.2 Å². The van der Waals surface area contributed by atoms with Gasteiger partial charge >= 0.3 is 12.2 Å². The van der Waals surface area contributed by atoms with E-state index in [4.69, 9.17) is 15.2 Å². The number of nitrogens with zero attached hydrogens (tertiary/aromatic N) is 2. The summed E-state index contributed by atoms with van der Waals surface area (Å²) in [5.74, 6) is 4.49. The monoisotopic (exact) mass is 859 g/mol. The van der Waals surface area contributed by atoms with E-state index in [9.17, 15) is 38.9 Å². The third-order valence-corrected chi connectivity index (χ3v) is 9.91. The summed E-state index contributed by atoms with van der Waals surface area (Å²) in [6.45, 7) is 3.86. The number of nitrogens with two attached hydrogens (primary N) is 1. The van der Waals surface area contributed by atoms with Gasteiger partial charge in [-0.1, -0.05) is 68.2 Å². The predicted molar refractivity (Wildman–Crippen MR) is 233 cm³/mol. The second-order valence-electron chi connectivity index (χ2n) is 15.0. The van der Waals surface area contributed by atoms with Gasteiger partial charge < -0.3 is 41.4 Å². The number of hydrogen-bond acceptors (Lipinski definition) is 10. The minimum absolute atomic E-state index is 0.0626. The molecule has 1 aliphatic rings. The molecule has 5 rings (SSSR count). The number of rotatable bonds is 19. The SMILES string of the molecule is CC(C)[C@H](NC(=O)CCCCC(=O)N1Cc2ccccc2C#Cc2ccccc21)C(=O)N[C@@H](CCCNC(N)=O)C(=O)Nc1ccc(COC(=O)Oc2ccc([N+](=O)[O-])cc2)cc1. The number of benzene rings is 4. The van der Waals surface area contributed by atoms with Crippen molar-refractivity contribution in [3.05, 3.63) is 129 Å². The molecule has 0 aliphatic carbocycles. The Morgan fingerprint density at radius 1 is 0.810 bits per heavy atom. The molecule has 6 N–H and O–H groups in total. The molecule has 4 aromatic carbocycles. The van der Waals surface area contributed by atoms with Crippen LogP contribution in [0.15, 0.2) is 97.1 Å². The number of anilines is 2. The van der Waals surface area contributed by atoms with Gasteiger partial charge in [-0.2, -0.15) is 0 Å². The van der Waals surface area contributed by atoms with E-state index >= 15 is 0 Å². The van der Waals surface area contributed by atoms with Crippen molar-refractivity contribution >= 4 is 52.9 Å². The molecular weight excluding hydrogens is 811 g/mol. The highest BCUT2D eigenvalue weighted by Gasteiger charge is 2.29. The second kappa shape index (κ2) is 22.7. The molecule has 1 heterocycles. The van der Waals surface area contributed by atoms with Crippen molar-refractivity contribution in [2.45, 2.75) is 77.6 Å². The van der Waals surface area contributed by atoms with E-state index in [0.29, 0.717) is 30.6 Å². The number of nitro benzene ring substituents is 1. The van der Waals surface area contributed by atoms with Gasteiger partial charge in [-0.25, -0.2) is 9.59 Å². The summed E-state index contributed by atoms with van der Waals surface area (Å²) in [6.07, 6.45) is 0.473. The smallest absolute Gasteiger partial charge is 0.429 e. The Kier molecular flexibility index (Phi) is 16.7. The topological polar surface area (TPSA) is 241 Å². The molecule has 2 atom stereocenters. The summed E-state index contributed by atoms with van der Waals surface area (Å²) < 4.78 is 10.2. The van der Waals surface area contributed by atoms with E-state index in [-0.39, 0.29) is 68.0 Å². The highest BCUT2D eigenvalue weighted by molar-refractivity contribution is 5.98. The first-order valence-electron chi connectivity index (χ1n) is 20.4. The van der Waals surface area contributed by atoms with E-state index in [1.54, 1.807) is 43.0 Å². The van der Waals surface area contributed by atoms with E-state index in [2.05, 4.69) is 33.1 Å². The maximum absolute atomic E-state index is 13.7. The lowest BCUT2D eigenvalue weighted by molar-refractivity contribution is -0.384. The van der Waals surface area contributed by atoms with E-state index < -0.39 is 41.0 Å². The lowest BCUT2D eigenvalue weighted by atomic mass is 10.0. The first kappa shape index (κ1) is 46.3. The van der Waals surface area contributed by atoms with Crippen LogP contribution in [0.1, 0.15) is 74.6 Å². The maximum atomic E-state index is 13.7. The number of nitrogens with one attached hydrogen (secondary N) is 4. The molecule has 0 unspecified atom stereocenters. The Bertz CT molecular complexity index is 2360. The van der Waals surface area contributed by atoms with Gasteiger partial charge in [0.2, 0.25) is 23.6 Å². The van der Waals surface area contributed by atoms with Crippen molar-refractivity contribution in [3.8, 4) is 17.6 Å². The first-order chi connectivity index (χ1) is 30.3. The van der Waals surface area contributed by atoms with Crippen LogP contribution in [0.25, 0.3) is 0 Å². The molecule has 0 spiro atoms. The fraction of sp³-hybridized carbons (Fsp3) is 0.304. The van der Waals surface area contributed by atoms with Gasteiger partial charge in [-0.05, 0) is 85.2 Å². The molecule has 0 fully saturated rings. The standard InChI is InChI=1S/C46H49N7O10/c1-30(2)42(51-40(54)15-7-8-16-41(55)52-28-34-12-4-3-10-32(34)19-20-33-11-5-6-14-39(33)52)44(57)50-38(13-9-27-48-45(47)58)43(56)49-35-21-17-31(18-22-35)29-62-46(59)63-37-25-23-36(24-26-37)53(60)61/h3-6,10-12,14,17-18,21-26,30,38,42H,7-9,13,15-16,27-29H2,1-2H3,(H,49,56)(H,50,57)(H,51,54)(H3,47,48,58)/t38-,42-/m0/s1. The summed E-state index contributed by atoms with van der Waals surface area (Å²) >= 11 is 0. The molecule has 17 heteroatoms. The Hall–Kier alpha value is -7.74. The number of para-hydroxylation sites is 1. The molecule has 0 saturated heterocycles. The number of non-ortho nitro benzene ring substituents is 1. The molecular formula is C46H49N7O10. The highest BCUT2D eigenvalue weighted by atomic mass is 16.7. The van der Waals surface area contributed by atoms with Crippen LogP contribution >= 0.6 is 0 Å². The van der Waals surface area contributed by atoms with Gasteiger partial charge in [0, 0.05) is 48.3 Å². The number of fused-ring (bicyclic) bond motifs is 2. The number of amides is 6. The van der Waals surface area contributed by atoms with Crippen LogP contribution in [0, 0.1) is 27.9 Å². The minimum atomic E-state index is -1.07. The lowest BCUT2D eigenvalue weighted by Crippen LogP contribution is -2.54. The lowest BCUT2D eigenvalue weighted by Gasteiger charge is -2.26. The van der Waals surface area contributed by atoms with Gasteiger partial charge in [-0.15, -0.1) is 0 Å². The zero-order valence-corrected chi connectivity index (χ0v) is 34.9. The summed E-state index contributed by atoms with van der Waals surface area (Å²) in [5, 5.41) is 21.6. The molecule has 17 nitrogen and oxygen atoms in total. The second-order valence-corrected chi connectivity index (χ2v) is 15.0. The predicted octanol–water partition coefficient (Wildman–Crippen LogP) is 5.83. The van der Waals surface area contributed by atoms with Crippen LogP contribution in [0.2, 0.25) is 0 Å². The number of hydrogen-bond donors (Lipinski definition) is 5. The van der Waals surface area contributed by atoms with Crippen LogP contribution in [0.4, 0.5) is 26.7 Å². The maximum Gasteiger partial charge on any atom is 0.514 e. The van der Waals surface area contributed by atoms with Gasteiger partial charge in [-0.3, -0.25) is 29.3 Å². The summed E-state index contributed by atoms with van der Waals surface area (Å²) in [6, 6.07) is 23.7. The number of ether oxygens (including phenoxy) is 2. The molecule has 1 aliphatic heterocycles. The van der Waals surface area contributed by atoms with Gasteiger partial charge in [0.05, 0.1) is 17.2 Å². The summed E-state index contributed by atoms with van der Waals surface area (Å²) in [5.41, 5.74) is 9.23. The molecule has 0 radical (unpaired) electrons. The number of primary amides is 1. The van der Waals surface area contributed by atoms with Crippen molar-refractivity contribution in [2.24, 2.45) is 11.7 Å². The van der Waals surface area contributed by atoms with Gasteiger partial charge in [0.25, 0.3) is 5.69 Å². The Labute approximate surface area is 364 Å².